The number of pyridine rings is 1. The Hall–Kier alpha value is -2.49. The predicted molar refractivity (Wildman–Crippen MR) is 64.3 cm³/mol. The molecule has 3 rings (SSSR count). The second kappa shape index (κ2) is 3.83. The molecular formula is C13H9N3O. The van der Waals surface area contributed by atoms with Crippen LogP contribution in [0.3, 0.4) is 0 Å². The highest BCUT2D eigenvalue weighted by molar-refractivity contribution is 5.84. The maximum Gasteiger partial charge on any atom is 0.164 e. The Balaban J connectivity index is 2.31. The van der Waals surface area contributed by atoms with Crippen LogP contribution in [-0.2, 0) is 0 Å². The summed E-state index contributed by atoms with van der Waals surface area (Å²) in [6.07, 6.45) is 4.20. The minimum atomic E-state index is 0.529. The van der Waals surface area contributed by atoms with Gasteiger partial charge in [0.2, 0.25) is 0 Å². The number of aldehydes is 1. The van der Waals surface area contributed by atoms with E-state index in [4.69, 9.17) is 0 Å². The van der Waals surface area contributed by atoms with Gasteiger partial charge in [0.05, 0.1) is 17.3 Å². The van der Waals surface area contributed by atoms with Crippen LogP contribution in [0.25, 0.3) is 16.7 Å². The molecule has 0 radical (unpaired) electrons. The van der Waals surface area contributed by atoms with E-state index < -0.39 is 0 Å². The Morgan fingerprint density at radius 3 is 2.88 bits per heavy atom. The lowest BCUT2D eigenvalue weighted by atomic mass is 10.2. The quantitative estimate of drug-likeness (QED) is 0.626. The van der Waals surface area contributed by atoms with Gasteiger partial charge in [0.15, 0.2) is 12.1 Å². The average Bonchev–Trinajstić information content (AvgIpc) is 2.82. The largest absolute Gasteiger partial charge is 0.298 e. The Morgan fingerprint density at radius 1 is 1.12 bits per heavy atom. The lowest BCUT2D eigenvalue weighted by Crippen LogP contribution is -2.03. The number of nitrogens with zero attached hydrogens (tertiary/aromatic N) is 3. The van der Waals surface area contributed by atoms with Crippen molar-refractivity contribution in [2.45, 2.75) is 0 Å². The molecule has 17 heavy (non-hydrogen) atoms. The summed E-state index contributed by atoms with van der Waals surface area (Å²) < 4.78 is 1.68. The van der Waals surface area contributed by atoms with Gasteiger partial charge in [-0.3, -0.25) is 4.79 Å². The minimum absolute atomic E-state index is 0.529. The van der Waals surface area contributed by atoms with Crippen molar-refractivity contribution in [3.8, 4) is 5.82 Å². The lowest BCUT2D eigenvalue weighted by molar-refractivity contribution is 0.112. The van der Waals surface area contributed by atoms with Gasteiger partial charge in [0.1, 0.15) is 0 Å². The topological polar surface area (TPSA) is 47.8 Å². The van der Waals surface area contributed by atoms with E-state index in [0.717, 1.165) is 17.2 Å². The number of carbonyl (C=O) groups excluding carboxylic acids is 1. The van der Waals surface area contributed by atoms with Gasteiger partial charge in [-0.05, 0) is 18.2 Å². The third-order valence-corrected chi connectivity index (χ3v) is 2.62. The molecule has 0 atom stereocenters. The molecule has 0 bridgehead atoms. The van der Waals surface area contributed by atoms with Gasteiger partial charge in [-0.1, -0.05) is 18.2 Å². The summed E-state index contributed by atoms with van der Waals surface area (Å²) >= 11 is 0. The highest BCUT2D eigenvalue weighted by Crippen LogP contribution is 2.17. The SMILES string of the molecule is O=Cc1cccnc1-n1ncc2ccccc21. The number of carbonyl (C=O) groups is 1. The lowest BCUT2D eigenvalue weighted by Gasteiger charge is -2.04. The molecule has 2 heterocycles. The molecule has 0 spiro atoms. The number of hydrogen-bond acceptors (Lipinski definition) is 3. The van der Waals surface area contributed by atoms with Crippen LogP contribution < -0.4 is 0 Å². The van der Waals surface area contributed by atoms with Gasteiger partial charge in [-0.15, -0.1) is 0 Å². The molecule has 0 saturated carbocycles. The van der Waals surface area contributed by atoms with Crippen molar-refractivity contribution in [3.63, 3.8) is 0 Å². The van der Waals surface area contributed by atoms with Crippen molar-refractivity contribution in [2.75, 3.05) is 0 Å². The maximum atomic E-state index is 11.0. The zero-order valence-electron chi connectivity index (χ0n) is 8.95. The zero-order chi connectivity index (χ0) is 11.7. The summed E-state index contributed by atoms with van der Waals surface area (Å²) in [4.78, 5) is 15.2. The van der Waals surface area contributed by atoms with Gasteiger partial charge < -0.3 is 0 Å². The molecular weight excluding hydrogens is 214 g/mol. The normalized spacial score (nSPS) is 10.6. The van der Waals surface area contributed by atoms with E-state index in [-0.39, 0.29) is 0 Å². The number of fused-ring (bicyclic) bond motifs is 1. The molecule has 0 aliphatic heterocycles. The molecule has 4 nitrogen and oxygen atoms in total. The highest BCUT2D eigenvalue weighted by atomic mass is 16.1. The molecule has 0 unspecified atom stereocenters. The number of benzene rings is 1. The van der Waals surface area contributed by atoms with Gasteiger partial charge >= 0.3 is 0 Å². The summed E-state index contributed by atoms with van der Waals surface area (Å²) in [7, 11) is 0. The molecule has 0 fully saturated rings. The van der Waals surface area contributed by atoms with Crippen LogP contribution >= 0.6 is 0 Å². The summed E-state index contributed by atoms with van der Waals surface area (Å²) in [5.41, 5.74) is 1.47. The molecule has 1 aromatic carbocycles. The van der Waals surface area contributed by atoms with Gasteiger partial charge in [-0.2, -0.15) is 5.10 Å². The summed E-state index contributed by atoms with van der Waals surface area (Å²) in [5, 5.41) is 5.29. The molecule has 0 aliphatic carbocycles. The highest BCUT2D eigenvalue weighted by Gasteiger charge is 2.08. The molecule has 0 N–H and O–H groups in total. The van der Waals surface area contributed by atoms with Gasteiger partial charge in [-0.25, -0.2) is 9.67 Å². The third kappa shape index (κ3) is 1.50. The average molecular weight is 223 g/mol. The summed E-state index contributed by atoms with van der Waals surface area (Å²) in [5.74, 6) is 0.559. The minimum Gasteiger partial charge on any atom is -0.298 e. The van der Waals surface area contributed by atoms with Crippen molar-refractivity contribution in [3.05, 3.63) is 54.4 Å². The summed E-state index contributed by atoms with van der Waals surface area (Å²) in [6.45, 7) is 0. The van der Waals surface area contributed by atoms with Gasteiger partial charge in [0.25, 0.3) is 0 Å². The maximum absolute atomic E-state index is 11.0. The second-order valence-corrected chi connectivity index (χ2v) is 3.65. The number of para-hydroxylation sites is 1. The van der Waals surface area contributed by atoms with E-state index in [1.807, 2.05) is 24.3 Å². The molecule has 0 aliphatic rings. The second-order valence-electron chi connectivity index (χ2n) is 3.65. The first kappa shape index (κ1) is 9.72. The Labute approximate surface area is 97.5 Å². The predicted octanol–water partition coefficient (Wildman–Crippen LogP) is 2.23. The van der Waals surface area contributed by atoms with Crippen molar-refractivity contribution in [2.24, 2.45) is 0 Å². The first-order valence-corrected chi connectivity index (χ1v) is 5.23. The van der Waals surface area contributed by atoms with Crippen LogP contribution in [0.5, 0.6) is 0 Å². The summed E-state index contributed by atoms with van der Waals surface area (Å²) in [6, 6.07) is 11.3. The molecule has 0 amide bonds. The number of aromatic nitrogens is 3. The van der Waals surface area contributed by atoms with Crippen LogP contribution in [0.4, 0.5) is 0 Å². The Bertz CT molecular complexity index is 688. The van der Waals surface area contributed by atoms with Crippen molar-refractivity contribution in [1.82, 2.24) is 14.8 Å². The zero-order valence-corrected chi connectivity index (χ0v) is 8.95. The standard InChI is InChI=1S/C13H9N3O/c17-9-11-5-3-7-14-13(11)16-12-6-2-1-4-10(12)8-15-16/h1-9H. The molecule has 3 aromatic rings. The Morgan fingerprint density at radius 2 is 2.00 bits per heavy atom. The van der Waals surface area contributed by atoms with Crippen molar-refractivity contribution < 1.29 is 4.79 Å². The van der Waals surface area contributed by atoms with E-state index in [1.54, 1.807) is 29.2 Å². The third-order valence-electron chi connectivity index (χ3n) is 2.62. The fourth-order valence-corrected chi connectivity index (χ4v) is 1.82. The molecule has 0 saturated heterocycles. The molecule has 82 valence electrons. The fourth-order valence-electron chi connectivity index (χ4n) is 1.82. The smallest absolute Gasteiger partial charge is 0.164 e. The molecule has 4 heteroatoms. The van der Waals surface area contributed by atoms with Crippen LogP contribution in [0.15, 0.2) is 48.8 Å². The van der Waals surface area contributed by atoms with Crippen molar-refractivity contribution >= 4 is 17.2 Å². The number of rotatable bonds is 2. The van der Waals surface area contributed by atoms with E-state index in [2.05, 4.69) is 10.1 Å². The number of hydrogen-bond donors (Lipinski definition) is 0. The van der Waals surface area contributed by atoms with Crippen LogP contribution in [0.2, 0.25) is 0 Å². The monoisotopic (exact) mass is 223 g/mol. The van der Waals surface area contributed by atoms with Crippen molar-refractivity contribution in [1.29, 1.82) is 0 Å². The van der Waals surface area contributed by atoms with Crippen LogP contribution in [-0.4, -0.2) is 21.1 Å². The van der Waals surface area contributed by atoms with E-state index >= 15 is 0 Å². The van der Waals surface area contributed by atoms with E-state index in [0.29, 0.717) is 11.4 Å². The fraction of sp³-hybridized carbons (Fsp3) is 0. The first-order valence-electron chi connectivity index (χ1n) is 5.23. The Kier molecular flexibility index (Phi) is 2.19. The van der Waals surface area contributed by atoms with Crippen LogP contribution in [0.1, 0.15) is 10.4 Å². The van der Waals surface area contributed by atoms with Gasteiger partial charge in [0, 0.05) is 11.6 Å². The van der Waals surface area contributed by atoms with E-state index in [9.17, 15) is 4.79 Å². The van der Waals surface area contributed by atoms with Crippen LogP contribution in [0, 0.1) is 0 Å². The van der Waals surface area contributed by atoms with E-state index in [1.165, 1.54) is 0 Å². The molecule has 2 aromatic heterocycles. The first-order chi connectivity index (χ1) is 8.40.